The summed E-state index contributed by atoms with van der Waals surface area (Å²) in [6.07, 6.45) is 0.668. The molecular weight excluding hydrogens is 274 g/mol. The Morgan fingerprint density at radius 3 is 2.65 bits per heavy atom. The molecule has 2 heterocycles. The van der Waals surface area contributed by atoms with Gasteiger partial charge in [-0.25, -0.2) is 13.4 Å². The van der Waals surface area contributed by atoms with Crippen molar-refractivity contribution in [1.29, 1.82) is 0 Å². The van der Waals surface area contributed by atoms with Gasteiger partial charge in [-0.2, -0.15) is 0 Å². The van der Waals surface area contributed by atoms with E-state index in [0.29, 0.717) is 13.0 Å². The number of rotatable bonds is 2. The van der Waals surface area contributed by atoms with Crippen molar-refractivity contribution in [2.75, 3.05) is 34.8 Å². The van der Waals surface area contributed by atoms with E-state index in [2.05, 4.69) is 36.0 Å². The maximum atomic E-state index is 11.6. The highest BCUT2D eigenvalue weighted by Crippen LogP contribution is 2.19. The summed E-state index contributed by atoms with van der Waals surface area (Å²) in [6, 6.07) is 5.82. The summed E-state index contributed by atoms with van der Waals surface area (Å²) in [5, 5.41) is 3.34. The second-order valence-electron chi connectivity index (χ2n) is 6.25. The fraction of sp³-hybridized carbons (Fsp3) is 0.643. The van der Waals surface area contributed by atoms with Crippen LogP contribution in [0.2, 0.25) is 0 Å². The van der Waals surface area contributed by atoms with Crippen molar-refractivity contribution in [1.82, 2.24) is 4.98 Å². The van der Waals surface area contributed by atoms with Gasteiger partial charge in [-0.15, -0.1) is 0 Å². The third-order valence-corrected chi connectivity index (χ3v) is 4.83. The van der Waals surface area contributed by atoms with Gasteiger partial charge in [-0.3, -0.25) is 0 Å². The predicted molar refractivity (Wildman–Crippen MR) is 83.1 cm³/mol. The van der Waals surface area contributed by atoms with E-state index in [1.807, 2.05) is 18.2 Å². The average Bonchev–Trinajstić information content (AvgIpc) is 2.48. The van der Waals surface area contributed by atoms with Crippen LogP contribution in [0.5, 0.6) is 0 Å². The fourth-order valence-corrected chi connectivity index (χ4v) is 3.49. The van der Waals surface area contributed by atoms with Gasteiger partial charge in [0.2, 0.25) is 0 Å². The minimum atomic E-state index is -2.88. The van der Waals surface area contributed by atoms with Gasteiger partial charge in [0.05, 0.1) is 11.5 Å². The van der Waals surface area contributed by atoms with Crippen molar-refractivity contribution in [3.8, 4) is 0 Å². The zero-order chi connectivity index (χ0) is 14.8. The minimum absolute atomic E-state index is 0.0479. The molecule has 6 heteroatoms. The first-order valence-electron chi connectivity index (χ1n) is 6.96. The largest absolute Gasteiger partial charge is 0.365 e. The van der Waals surface area contributed by atoms with Gasteiger partial charge >= 0.3 is 0 Å². The van der Waals surface area contributed by atoms with Crippen molar-refractivity contribution in [2.45, 2.75) is 32.7 Å². The molecule has 0 bridgehead atoms. The fourth-order valence-electron chi connectivity index (χ4n) is 2.22. The highest BCUT2D eigenvalue weighted by Gasteiger charge is 2.20. The molecule has 0 amide bonds. The molecule has 0 aromatic carbocycles. The van der Waals surface area contributed by atoms with E-state index < -0.39 is 9.84 Å². The lowest BCUT2D eigenvalue weighted by atomic mass is 10.1. The molecule has 1 aliphatic rings. The van der Waals surface area contributed by atoms with Gasteiger partial charge in [0.25, 0.3) is 0 Å². The third kappa shape index (κ3) is 4.37. The Labute approximate surface area is 121 Å². The quantitative estimate of drug-likeness (QED) is 0.903. The van der Waals surface area contributed by atoms with Crippen LogP contribution in [0.4, 0.5) is 11.6 Å². The lowest BCUT2D eigenvalue weighted by molar-refractivity contribution is 0.597. The maximum Gasteiger partial charge on any atom is 0.152 e. The van der Waals surface area contributed by atoms with Gasteiger partial charge in [0, 0.05) is 18.6 Å². The van der Waals surface area contributed by atoms with Gasteiger partial charge in [0.1, 0.15) is 11.6 Å². The van der Waals surface area contributed by atoms with Crippen LogP contribution in [0.15, 0.2) is 18.2 Å². The molecule has 5 nitrogen and oxygen atoms in total. The molecule has 112 valence electrons. The van der Waals surface area contributed by atoms with Crippen LogP contribution in [-0.4, -0.2) is 43.5 Å². The predicted octanol–water partition coefficient (Wildman–Crippen LogP) is 1.92. The van der Waals surface area contributed by atoms with E-state index in [0.717, 1.165) is 18.2 Å². The highest BCUT2D eigenvalue weighted by atomic mass is 32.2. The third-order valence-electron chi connectivity index (χ3n) is 3.12. The first-order chi connectivity index (χ1) is 9.25. The molecule has 20 heavy (non-hydrogen) atoms. The second-order valence-corrected chi connectivity index (χ2v) is 8.55. The number of aromatic nitrogens is 1. The summed E-state index contributed by atoms with van der Waals surface area (Å²) in [6.45, 7) is 7.51. The van der Waals surface area contributed by atoms with Gasteiger partial charge in [-0.1, -0.05) is 6.07 Å². The topological polar surface area (TPSA) is 62.3 Å². The number of hydrogen-bond acceptors (Lipinski definition) is 5. The summed E-state index contributed by atoms with van der Waals surface area (Å²) in [5.74, 6) is 2.16. The highest BCUT2D eigenvalue weighted by molar-refractivity contribution is 7.91. The number of pyridine rings is 1. The van der Waals surface area contributed by atoms with Crippen LogP contribution in [-0.2, 0) is 9.84 Å². The van der Waals surface area contributed by atoms with E-state index >= 15 is 0 Å². The zero-order valence-corrected chi connectivity index (χ0v) is 13.2. The molecule has 0 unspecified atom stereocenters. The molecule has 0 spiro atoms. The Kier molecular flexibility index (Phi) is 4.22. The molecule has 1 aromatic rings. The van der Waals surface area contributed by atoms with E-state index in [4.69, 9.17) is 0 Å². The SMILES string of the molecule is CC(C)(C)Nc1cccc(N2CCCS(=O)(=O)CC2)n1. The Morgan fingerprint density at radius 2 is 1.95 bits per heavy atom. The van der Waals surface area contributed by atoms with Gasteiger partial charge in [0.15, 0.2) is 9.84 Å². The molecular formula is C14H23N3O2S. The van der Waals surface area contributed by atoms with Gasteiger partial charge < -0.3 is 10.2 Å². The van der Waals surface area contributed by atoms with E-state index in [-0.39, 0.29) is 17.0 Å². The normalized spacial score (nSPS) is 19.4. The minimum Gasteiger partial charge on any atom is -0.365 e. The molecule has 0 aliphatic carbocycles. The number of sulfone groups is 1. The Morgan fingerprint density at radius 1 is 1.20 bits per heavy atom. The monoisotopic (exact) mass is 297 g/mol. The van der Waals surface area contributed by atoms with Crippen molar-refractivity contribution >= 4 is 21.5 Å². The van der Waals surface area contributed by atoms with Crippen molar-refractivity contribution < 1.29 is 8.42 Å². The second kappa shape index (κ2) is 5.60. The van der Waals surface area contributed by atoms with Crippen LogP contribution < -0.4 is 10.2 Å². The summed E-state index contributed by atoms with van der Waals surface area (Å²) in [5.41, 5.74) is -0.0479. The van der Waals surface area contributed by atoms with Gasteiger partial charge in [-0.05, 0) is 39.3 Å². The van der Waals surface area contributed by atoms with Crippen LogP contribution in [0, 0.1) is 0 Å². The Hall–Kier alpha value is -1.30. The van der Waals surface area contributed by atoms with Crippen LogP contribution in [0.1, 0.15) is 27.2 Å². The van der Waals surface area contributed by atoms with Crippen LogP contribution in [0.25, 0.3) is 0 Å². The molecule has 2 rings (SSSR count). The van der Waals surface area contributed by atoms with Crippen LogP contribution >= 0.6 is 0 Å². The molecule has 1 aliphatic heterocycles. The number of hydrogen-bond donors (Lipinski definition) is 1. The molecule has 1 fully saturated rings. The Balaban J connectivity index is 2.14. The summed E-state index contributed by atoms with van der Waals surface area (Å²) in [4.78, 5) is 6.65. The summed E-state index contributed by atoms with van der Waals surface area (Å²) < 4.78 is 23.3. The molecule has 1 saturated heterocycles. The summed E-state index contributed by atoms with van der Waals surface area (Å²) >= 11 is 0. The zero-order valence-electron chi connectivity index (χ0n) is 12.4. The number of nitrogens with one attached hydrogen (secondary N) is 1. The van der Waals surface area contributed by atoms with Crippen molar-refractivity contribution in [2.24, 2.45) is 0 Å². The van der Waals surface area contributed by atoms with Crippen molar-refractivity contribution in [3.63, 3.8) is 0 Å². The average molecular weight is 297 g/mol. The first-order valence-corrected chi connectivity index (χ1v) is 8.78. The first kappa shape index (κ1) is 15.1. The Bertz CT molecular complexity index is 564. The standard InChI is InChI=1S/C14H23N3O2S/c1-14(2,3)16-12-6-4-7-13(15-12)17-8-5-10-20(18,19)11-9-17/h4,6-7H,5,8-11H2,1-3H3,(H,15,16). The summed E-state index contributed by atoms with van der Waals surface area (Å²) in [7, 11) is -2.88. The van der Waals surface area contributed by atoms with E-state index in [1.165, 1.54) is 0 Å². The number of nitrogens with zero attached hydrogens (tertiary/aromatic N) is 2. The van der Waals surface area contributed by atoms with Crippen molar-refractivity contribution in [3.05, 3.63) is 18.2 Å². The van der Waals surface area contributed by atoms with E-state index in [1.54, 1.807) is 0 Å². The molecule has 0 atom stereocenters. The molecule has 0 saturated carbocycles. The lowest BCUT2D eigenvalue weighted by Crippen LogP contribution is -2.29. The maximum absolute atomic E-state index is 11.6. The van der Waals surface area contributed by atoms with Crippen LogP contribution in [0.3, 0.4) is 0 Å². The van der Waals surface area contributed by atoms with E-state index in [9.17, 15) is 8.42 Å². The molecule has 0 radical (unpaired) electrons. The number of anilines is 2. The molecule has 1 aromatic heterocycles. The molecule has 1 N–H and O–H groups in total. The smallest absolute Gasteiger partial charge is 0.152 e. The lowest BCUT2D eigenvalue weighted by Gasteiger charge is -2.24.